The van der Waals surface area contributed by atoms with Gasteiger partial charge in [-0.2, -0.15) is 0 Å². The van der Waals surface area contributed by atoms with Gasteiger partial charge in [0.1, 0.15) is 18.0 Å². The molecule has 0 unspecified atom stereocenters. The van der Waals surface area contributed by atoms with Gasteiger partial charge in [0.05, 0.1) is 12.0 Å². The lowest BCUT2D eigenvalue weighted by Gasteiger charge is -2.20. The summed E-state index contributed by atoms with van der Waals surface area (Å²) in [7, 11) is 0. The second kappa shape index (κ2) is 8.22. The van der Waals surface area contributed by atoms with Gasteiger partial charge in [-0.15, -0.1) is 15.0 Å². The maximum absolute atomic E-state index is 12.9. The van der Waals surface area contributed by atoms with Crippen molar-refractivity contribution in [1.29, 1.82) is 0 Å². The Morgan fingerprint density at radius 2 is 2.04 bits per heavy atom. The Labute approximate surface area is 144 Å². The lowest BCUT2D eigenvalue weighted by Crippen LogP contribution is -2.34. The first kappa shape index (κ1) is 18.4. The van der Waals surface area contributed by atoms with Gasteiger partial charge in [-0.25, -0.2) is 9.18 Å². The first-order chi connectivity index (χ1) is 11.9. The number of carbonyl (C=O) groups excluding carboxylic acids is 1. The summed E-state index contributed by atoms with van der Waals surface area (Å²) < 4.78 is 23.5. The molecule has 0 saturated heterocycles. The number of aromatic nitrogens is 4. The summed E-state index contributed by atoms with van der Waals surface area (Å²) in [5.41, 5.74) is 0.381. The smallest absolute Gasteiger partial charge is 0.407 e. The van der Waals surface area contributed by atoms with Crippen molar-refractivity contribution in [3.8, 4) is 11.4 Å². The third kappa shape index (κ3) is 6.21. The van der Waals surface area contributed by atoms with Crippen LogP contribution < -0.4 is 10.1 Å². The molecule has 1 aromatic heterocycles. The molecule has 8 nitrogen and oxygen atoms in total. The van der Waals surface area contributed by atoms with Crippen LogP contribution in [0.3, 0.4) is 0 Å². The Bertz CT molecular complexity index is 708. The van der Waals surface area contributed by atoms with E-state index in [4.69, 9.17) is 9.47 Å². The Hall–Kier alpha value is -2.97. The standard InChI is InChI=1S/C16H20FN5O3/c1-16(2,3)25-15(23)18-9-12(8-17)10-24-14-6-4-13(5-7-14)22-20-11-19-21-22/h4-8,11H,9-10H2,1-3H3,(H,18,23)/b12-8+. The van der Waals surface area contributed by atoms with Crippen molar-refractivity contribution in [1.82, 2.24) is 25.5 Å². The second-order valence-corrected chi connectivity index (χ2v) is 6.13. The highest BCUT2D eigenvalue weighted by molar-refractivity contribution is 5.68. The molecule has 0 saturated carbocycles. The van der Waals surface area contributed by atoms with Crippen LogP contribution in [0.5, 0.6) is 5.75 Å². The highest BCUT2D eigenvalue weighted by atomic mass is 19.1. The highest BCUT2D eigenvalue weighted by Gasteiger charge is 2.16. The summed E-state index contributed by atoms with van der Waals surface area (Å²) in [6, 6.07) is 6.90. The Balaban J connectivity index is 1.81. The quantitative estimate of drug-likeness (QED) is 0.861. The summed E-state index contributed by atoms with van der Waals surface area (Å²) in [6.45, 7) is 5.24. The zero-order chi connectivity index (χ0) is 18.3. The normalized spacial score (nSPS) is 11.9. The molecular formula is C16H20FN5O3. The Kier molecular flexibility index (Phi) is 6.04. The van der Waals surface area contributed by atoms with Crippen LogP contribution >= 0.6 is 0 Å². The molecule has 0 fully saturated rings. The first-order valence-corrected chi connectivity index (χ1v) is 7.58. The lowest BCUT2D eigenvalue weighted by molar-refractivity contribution is 0.0531. The van der Waals surface area contributed by atoms with Gasteiger partial charge in [0.25, 0.3) is 0 Å². The minimum absolute atomic E-state index is 0.00673. The van der Waals surface area contributed by atoms with Crippen molar-refractivity contribution in [2.75, 3.05) is 13.2 Å². The molecule has 2 rings (SSSR count). The number of hydrogen-bond donors (Lipinski definition) is 1. The van der Waals surface area contributed by atoms with Crippen LogP contribution in [-0.2, 0) is 4.74 Å². The van der Waals surface area contributed by atoms with Gasteiger partial charge in [0.15, 0.2) is 6.33 Å². The van der Waals surface area contributed by atoms with Crippen molar-refractivity contribution in [3.63, 3.8) is 0 Å². The van der Waals surface area contributed by atoms with Crippen molar-refractivity contribution in [2.45, 2.75) is 26.4 Å². The number of halogens is 1. The van der Waals surface area contributed by atoms with E-state index in [1.165, 1.54) is 11.1 Å². The van der Waals surface area contributed by atoms with Crippen molar-refractivity contribution >= 4 is 6.09 Å². The number of ether oxygens (including phenoxy) is 2. The number of nitrogens with zero attached hydrogens (tertiary/aromatic N) is 4. The largest absolute Gasteiger partial charge is 0.489 e. The zero-order valence-electron chi connectivity index (χ0n) is 14.3. The maximum atomic E-state index is 12.9. The molecule has 25 heavy (non-hydrogen) atoms. The van der Waals surface area contributed by atoms with Gasteiger partial charge >= 0.3 is 6.09 Å². The average Bonchev–Trinajstić information content (AvgIpc) is 3.08. The van der Waals surface area contributed by atoms with E-state index in [9.17, 15) is 9.18 Å². The highest BCUT2D eigenvalue weighted by Crippen LogP contribution is 2.15. The third-order valence-electron chi connectivity index (χ3n) is 2.85. The van der Waals surface area contributed by atoms with Crippen molar-refractivity contribution in [2.24, 2.45) is 0 Å². The zero-order valence-corrected chi connectivity index (χ0v) is 14.3. The molecule has 0 aliphatic carbocycles. The number of alkyl carbamates (subject to hydrolysis) is 1. The van der Waals surface area contributed by atoms with E-state index in [0.717, 1.165) is 5.69 Å². The van der Waals surface area contributed by atoms with Crippen LogP contribution in [0.15, 0.2) is 42.5 Å². The SMILES string of the molecule is CC(C)(C)OC(=O)NC/C(=C\F)COc1ccc(-n2ncnn2)cc1. The summed E-state index contributed by atoms with van der Waals surface area (Å²) in [5.74, 6) is 0.542. The number of tetrazole rings is 1. The molecule has 1 heterocycles. The summed E-state index contributed by atoms with van der Waals surface area (Å²) >= 11 is 0. The number of benzene rings is 1. The monoisotopic (exact) mass is 349 g/mol. The van der Waals surface area contributed by atoms with E-state index in [0.29, 0.717) is 12.1 Å². The van der Waals surface area contributed by atoms with Crippen LogP contribution in [0.4, 0.5) is 9.18 Å². The van der Waals surface area contributed by atoms with Crippen molar-refractivity contribution in [3.05, 3.63) is 42.5 Å². The molecule has 0 atom stereocenters. The van der Waals surface area contributed by atoms with Crippen LogP contribution in [0.2, 0.25) is 0 Å². The predicted molar refractivity (Wildman–Crippen MR) is 88.1 cm³/mol. The fourth-order valence-electron chi connectivity index (χ4n) is 1.76. The maximum Gasteiger partial charge on any atom is 0.407 e. The minimum Gasteiger partial charge on any atom is -0.489 e. The van der Waals surface area contributed by atoms with Gasteiger partial charge in [-0.1, -0.05) is 0 Å². The molecular weight excluding hydrogens is 329 g/mol. The molecule has 0 radical (unpaired) electrons. The number of rotatable bonds is 6. The Morgan fingerprint density at radius 1 is 1.32 bits per heavy atom. The summed E-state index contributed by atoms with van der Waals surface area (Å²) in [6.07, 6.45) is 1.13. The van der Waals surface area contributed by atoms with Gasteiger partial charge in [0, 0.05) is 12.1 Å². The van der Waals surface area contributed by atoms with E-state index in [2.05, 4.69) is 20.7 Å². The molecule has 134 valence electrons. The third-order valence-corrected chi connectivity index (χ3v) is 2.85. The molecule has 1 aromatic carbocycles. The topological polar surface area (TPSA) is 91.2 Å². The number of nitrogens with one attached hydrogen (secondary N) is 1. The molecule has 1 amide bonds. The van der Waals surface area contributed by atoms with E-state index >= 15 is 0 Å². The van der Waals surface area contributed by atoms with Crippen LogP contribution in [0, 0.1) is 0 Å². The molecule has 1 N–H and O–H groups in total. The minimum atomic E-state index is -0.614. The predicted octanol–water partition coefficient (Wildman–Crippen LogP) is 2.42. The summed E-state index contributed by atoms with van der Waals surface area (Å²) in [5, 5.41) is 13.8. The molecule has 9 heteroatoms. The number of amides is 1. The molecule has 0 aliphatic rings. The van der Waals surface area contributed by atoms with Crippen LogP contribution in [0.25, 0.3) is 5.69 Å². The number of carbonyl (C=O) groups is 1. The molecule has 0 bridgehead atoms. The lowest BCUT2D eigenvalue weighted by atomic mass is 10.2. The molecule has 0 aliphatic heterocycles. The Morgan fingerprint density at radius 3 is 2.60 bits per heavy atom. The molecule has 2 aromatic rings. The van der Waals surface area contributed by atoms with E-state index < -0.39 is 11.7 Å². The van der Waals surface area contributed by atoms with Crippen molar-refractivity contribution < 1.29 is 18.7 Å². The number of hydrogen-bond acceptors (Lipinski definition) is 6. The molecule has 0 spiro atoms. The van der Waals surface area contributed by atoms with Gasteiger partial charge in [-0.05, 0) is 50.3 Å². The van der Waals surface area contributed by atoms with Crippen LogP contribution in [0.1, 0.15) is 20.8 Å². The van der Waals surface area contributed by atoms with Gasteiger partial charge < -0.3 is 14.8 Å². The average molecular weight is 349 g/mol. The van der Waals surface area contributed by atoms with Gasteiger partial charge in [0.2, 0.25) is 0 Å². The van der Waals surface area contributed by atoms with E-state index in [1.54, 1.807) is 45.0 Å². The second-order valence-electron chi connectivity index (χ2n) is 6.13. The van der Waals surface area contributed by atoms with E-state index in [-0.39, 0.29) is 18.7 Å². The first-order valence-electron chi connectivity index (χ1n) is 7.58. The summed E-state index contributed by atoms with van der Waals surface area (Å²) in [4.78, 5) is 12.9. The fourth-order valence-corrected chi connectivity index (χ4v) is 1.76. The van der Waals surface area contributed by atoms with Crippen LogP contribution in [-0.4, -0.2) is 45.1 Å². The fraction of sp³-hybridized carbons (Fsp3) is 0.375. The van der Waals surface area contributed by atoms with Gasteiger partial charge in [-0.3, -0.25) is 0 Å². The van der Waals surface area contributed by atoms with E-state index in [1.807, 2.05) is 0 Å².